The first-order valence-electron chi connectivity index (χ1n) is 10.0. The zero-order valence-corrected chi connectivity index (χ0v) is 17.7. The number of amides is 1. The molecule has 9 heteroatoms. The van der Waals surface area contributed by atoms with Gasteiger partial charge in [0.05, 0.1) is 43.1 Å². The predicted octanol–water partition coefficient (Wildman–Crippen LogP) is 3.96. The third-order valence-corrected chi connectivity index (χ3v) is 5.53. The van der Waals surface area contributed by atoms with Crippen LogP contribution in [-0.2, 0) is 4.79 Å². The van der Waals surface area contributed by atoms with Crippen molar-refractivity contribution in [1.29, 1.82) is 0 Å². The van der Waals surface area contributed by atoms with E-state index in [1.54, 1.807) is 30.3 Å². The zero-order chi connectivity index (χ0) is 23.1. The number of nitrogens with one attached hydrogen (secondary N) is 1. The first-order chi connectivity index (χ1) is 16.0. The minimum absolute atomic E-state index is 0.00119. The molecular weight excluding hydrogens is 426 g/mol. The number of aromatic nitrogens is 2. The average Bonchev–Trinajstić information content (AvgIpc) is 3.57. The van der Waals surface area contributed by atoms with E-state index in [0.717, 1.165) is 0 Å². The number of para-hydroxylation sites is 2. The van der Waals surface area contributed by atoms with Crippen molar-refractivity contribution >= 4 is 28.7 Å². The van der Waals surface area contributed by atoms with Crippen LogP contribution in [0.1, 0.15) is 22.2 Å². The number of Topliss-reactive ketones (excluding diaryl/α,β-unsaturated/α-hetero) is 1. The number of anilines is 1. The number of benzene rings is 2. The SMILES string of the molecule is COc1ccc(C2C(C(=O)c3ccco3)=C(O)C(=O)N2c2nc3ccccc3[nH]2)cc1OC. The molecule has 1 atom stereocenters. The maximum atomic E-state index is 13.3. The molecule has 2 N–H and O–H groups in total. The Morgan fingerprint density at radius 3 is 2.58 bits per heavy atom. The molecule has 4 aromatic rings. The van der Waals surface area contributed by atoms with Crippen molar-refractivity contribution in [3.05, 3.63) is 83.5 Å². The Bertz CT molecular complexity index is 1370. The van der Waals surface area contributed by atoms with Crippen LogP contribution in [0.4, 0.5) is 5.95 Å². The monoisotopic (exact) mass is 445 g/mol. The first-order valence-corrected chi connectivity index (χ1v) is 10.0. The molecule has 0 fully saturated rings. The highest BCUT2D eigenvalue weighted by molar-refractivity contribution is 6.20. The number of ketones is 1. The van der Waals surface area contributed by atoms with Crippen molar-refractivity contribution in [3.8, 4) is 11.5 Å². The minimum atomic E-state index is -0.990. The summed E-state index contributed by atoms with van der Waals surface area (Å²) in [6, 6.07) is 14.3. The van der Waals surface area contributed by atoms with Crippen molar-refractivity contribution in [1.82, 2.24) is 9.97 Å². The van der Waals surface area contributed by atoms with Gasteiger partial charge in [0.15, 0.2) is 23.0 Å². The Kier molecular flexibility index (Phi) is 4.86. The van der Waals surface area contributed by atoms with E-state index in [0.29, 0.717) is 28.1 Å². The molecular formula is C24H19N3O6. The number of carbonyl (C=O) groups excluding carboxylic acids is 2. The van der Waals surface area contributed by atoms with E-state index in [4.69, 9.17) is 13.9 Å². The molecule has 1 unspecified atom stereocenters. The van der Waals surface area contributed by atoms with Gasteiger partial charge < -0.3 is 24.0 Å². The number of nitrogens with zero attached hydrogens (tertiary/aromatic N) is 2. The van der Waals surface area contributed by atoms with Crippen LogP contribution in [0.2, 0.25) is 0 Å². The van der Waals surface area contributed by atoms with Crippen molar-refractivity contribution in [3.63, 3.8) is 0 Å². The number of H-pyrrole nitrogens is 1. The van der Waals surface area contributed by atoms with Crippen LogP contribution in [0.3, 0.4) is 0 Å². The van der Waals surface area contributed by atoms with E-state index in [1.165, 1.54) is 31.4 Å². The van der Waals surface area contributed by atoms with E-state index in [-0.39, 0.29) is 17.3 Å². The van der Waals surface area contributed by atoms with Crippen LogP contribution in [0.15, 0.2) is 76.6 Å². The lowest BCUT2D eigenvalue weighted by atomic mass is 9.95. The summed E-state index contributed by atoms with van der Waals surface area (Å²) in [5.74, 6) is -0.961. The van der Waals surface area contributed by atoms with Gasteiger partial charge in [-0.1, -0.05) is 18.2 Å². The number of hydrogen-bond acceptors (Lipinski definition) is 7. The molecule has 33 heavy (non-hydrogen) atoms. The average molecular weight is 445 g/mol. The molecule has 1 aliphatic rings. The van der Waals surface area contributed by atoms with Gasteiger partial charge in [0.1, 0.15) is 0 Å². The molecule has 0 saturated heterocycles. The highest BCUT2D eigenvalue weighted by Crippen LogP contribution is 2.43. The predicted molar refractivity (Wildman–Crippen MR) is 119 cm³/mol. The molecule has 1 amide bonds. The lowest BCUT2D eigenvalue weighted by Crippen LogP contribution is -2.32. The van der Waals surface area contributed by atoms with Crippen LogP contribution in [0.25, 0.3) is 11.0 Å². The van der Waals surface area contributed by atoms with Crippen molar-refractivity contribution in [2.75, 3.05) is 19.1 Å². The fourth-order valence-corrected chi connectivity index (χ4v) is 3.99. The van der Waals surface area contributed by atoms with E-state index < -0.39 is 23.5 Å². The third kappa shape index (κ3) is 3.21. The van der Waals surface area contributed by atoms with Crippen LogP contribution in [0.5, 0.6) is 11.5 Å². The second kappa shape index (κ2) is 7.86. The summed E-state index contributed by atoms with van der Waals surface area (Å²) in [5, 5.41) is 10.8. The molecule has 0 spiro atoms. The molecule has 0 aliphatic carbocycles. The third-order valence-electron chi connectivity index (χ3n) is 5.53. The second-order valence-corrected chi connectivity index (χ2v) is 7.34. The standard InChI is InChI=1S/C24H19N3O6/c1-31-16-10-9-13(12-18(16)32-2)20-19(21(28)17-8-5-11-33-17)22(29)23(30)27(20)24-25-14-6-3-4-7-15(14)26-24/h3-12,20,29H,1-2H3,(H,25,26). The molecule has 2 aromatic carbocycles. The highest BCUT2D eigenvalue weighted by atomic mass is 16.5. The van der Waals surface area contributed by atoms with Gasteiger partial charge >= 0.3 is 0 Å². The maximum Gasteiger partial charge on any atom is 0.296 e. The van der Waals surface area contributed by atoms with Crippen LogP contribution >= 0.6 is 0 Å². The summed E-state index contributed by atoms with van der Waals surface area (Å²) in [6.45, 7) is 0. The number of carbonyl (C=O) groups is 2. The van der Waals surface area contributed by atoms with Gasteiger partial charge in [-0.05, 0) is 42.0 Å². The number of rotatable bonds is 6. The van der Waals surface area contributed by atoms with Gasteiger partial charge in [-0.3, -0.25) is 14.5 Å². The van der Waals surface area contributed by atoms with Gasteiger partial charge in [-0.2, -0.15) is 0 Å². The summed E-state index contributed by atoms with van der Waals surface area (Å²) in [4.78, 5) is 35.4. The van der Waals surface area contributed by atoms with Crippen molar-refractivity contribution in [2.24, 2.45) is 0 Å². The van der Waals surface area contributed by atoms with Gasteiger partial charge in [0.25, 0.3) is 5.91 Å². The normalized spacial score (nSPS) is 16.0. The highest BCUT2D eigenvalue weighted by Gasteiger charge is 2.46. The number of imidazole rings is 1. The number of furan rings is 1. The molecule has 0 radical (unpaired) electrons. The fourth-order valence-electron chi connectivity index (χ4n) is 3.99. The lowest BCUT2D eigenvalue weighted by Gasteiger charge is -2.25. The van der Waals surface area contributed by atoms with Crippen LogP contribution in [-0.4, -0.2) is 41.0 Å². The van der Waals surface area contributed by atoms with Crippen LogP contribution < -0.4 is 14.4 Å². The number of aliphatic hydroxyl groups excluding tert-OH is 1. The number of hydrogen-bond donors (Lipinski definition) is 2. The Balaban J connectivity index is 1.70. The Labute approximate surface area is 187 Å². The lowest BCUT2D eigenvalue weighted by molar-refractivity contribution is -0.117. The van der Waals surface area contributed by atoms with Gasteiger partial charge in [0.2, 0.25) is 11.7 Å². The summed E-state index contributed by atoms with van der Waals surface area (Å²) >= 11 is 0. The Morgan fingerprint density at radius 2 is 1.88 bits per heavy atom. The number of aromatic amines is 1. The number of methoxy groups -OCH3 is 2. The number of aliphatic hydroxyl groups is 1. The smallest absolute Gasteiger partial charge is 0.296 e. The van der Waals surface area contributed by atoms with E-state index in [1.807, 2.05) is 18.2 Å². The fraction of sp³-hybridized carbons (Fsp3) is 0.125. The topological polar surface area (TPSA) is 118 Å². The van der Waals surface area contributed by atoms with E-state index in [9.17, 15) is 14.7 Å². The summed E-state index contributed by atoms with van der Waals surface area (Å²) < 4.78 is 16.0. The summed E-state index contributed by atoms with van der Waals surface area (Å²) in [5.41, 5.74) is 1.73. The number of ether oxygens (including phenoxy) is 2. The second-order valence-electron chi connectivity index (χ2n) is 7.34. The largest absolute Gasteiger partial charge is 0.503 e. The van der Waals surface area contributed by atoms with E-state index >= 15 is 0 Å². The molecule has 0 bridgehead atoms. The summed E-state index contributed by atoms with van der Waals surface area (Å²) in [6.07, 6.45) is 1.35. The van der Waals surface area contributed by atoms with Gasteiger partial charge in [-0.25, -0.2) is 4.98 Å². The molecule has 5 rings (SSSR count). The molecule has 166 valence electrons. The van der Waals surface area contributed by atoms with Crippen LogP contribution in [0, 0.1) is 0 Å². The van der Waals surface area contributed by atoms with Gasteiger partial charge in [-0.15, -0.1) is 0 Å². The minimum Gasteiger partial charge on any atom is -0.503 e. The van der Waals surface area contributed by atoms with Crippen molar-refractivity contribution < 1.29 is 28.6 Å². The Morgan fingerprint density at radius 1 is 1.09 bits per heavy atom. The molecule has 2 aromatic heterocycles. The van der Waals surface area contributed by atoms with Gasteiger partial charge in [0, 0.05) is 0 Å². The first kappa shape index (κ1) is 20.4. The quantitative estimate of drug-likeness (QED) is 0.431. The molecule has 0 saturated carbocycles. The molecule has 9 nitrogen and oxygen atoms in total. The Hall–Kier alpha value is -4.53. The number of fused-ring (bicyclic) bond motifs is 1. The zero-order valence-electron chi connectivity index (χ0n) is 17.7. The maximum absolute atomic E-state index is 13.3. The molecule has 3 heterocycles. The van der Waals surface area contributed by atoms with E-state index in [2.05, 4.69) is 9.97 Å². The molecule has 1 aliphatic heterocycles. The summed E-state index contributed by atoms with van der Waals surface area (Å²) in [7, 11) is 3.00. The van der Waals surface area contributed by atoms with Crippen molar-refractivity contribution in [2.45, 2.75) is 6.04 Å².